The van der Waals surface area contributed by atoms with Gasteiger partial charge in [-0.1, -0.05) is 24.6 Å². The first-order chi connectivity index (χ1) is 18.6. The van der Waals surface area contributed by atoms with Crippen molar-refractivity contribution in [1.82, 2.24) is 14.8 Å². The van der Waals surface area contributed by atoms with Gasteiger partial charge in [-0.05, 0) is 75.3 Å². The highest BCUT2D eigenvalue weighted by Gasteiger charge is 2.42. The summed E-state index contributed by atoms with van der Waals surface area (Å²) >= 11 is 0. The van der Waals surface area contributed by atoms with Gasteiger partial charge in [-0.25, -0.2) is 13.6 Å². The third-order valence-corrected chi connectivity index (χ3v) is 8.15. The maximum atomic E-state index is 13.1. The molecule has 0 spiro atoms. The van der Waals surface area contributed by atoms with Gasteiger partial charge in [-0.3, -0.25) is 14.7 Å². The number of fused-ring (bicyclic) bond motifs is 1. The first-order valence-electron chi connectivity index (χ1n) is 14.0. The number of nitrogens with zero attached hydrogens (tertiary/aromatic N) is 4. The Balaban J connectivity index is 0.000000379. The third kappa shape index (κ3) is 7.53. The normalized spacial score (nSPS) is 22.1. The fourth-order valence-corrected chi connectivity index (χ4v) is 6.08. The number of pyridine rings is 1. The van der Waals surface area contributed by atoms with E-state index in [1.807, 2.05) is 55.1 Å². The fraction of sp³-hybridized carbons (Fsp3) is 0.567. The number of aryl methyl sites for hydroxylation is 2. The Morgan fingerprint density at radius 2 is 1.64 bits per heavy atom. The SMILES string of the molecule is Cc1ccnc(C)c1C(=O)N1CC2CN(CCCN(C(=O)O)c3ccccc3)CC2C1.FC1(F)CCCCC1. The predicted molar refractivity (Wildman–Crippen MR) is 147 cm³/mol. The smallest absolute Gasteiger partial charge is 0.411 e. The fourth-order valence-electron chi connectivity index (χ4n) is 6.08. The second-order valence-electron chi connectivity index (χ2n) is 11.1. The summed E-state index contributed by atoms with van der Waals surface area (Å²) in [5.41, 5.74) is 3.24. The predicted octanol–water partition coefficient (Wildman–Crippen LogP) is 5.86. The largest absolute Gasteiger partial charge is 0.465 e. The third-order valence-electron chi connectivity index (χ3n) is 8.15. The van der Waals surface area contributed by atoms with Gasteiger partial charge in [-0.15, -0.1) is 0 Å². The van der Waals surface area contributed by atoms with Crippen LogP contribution in [0.4, 0.5) is 19.3 Å². The minimum absolute atomic E-state index is 0.101. The molecule has 1 aromatic carbocycles. The molecule has 1 saturated carbocycles. The Kier molecular flexibility index (Phi) is 9.53. The minimum atomic E-state index is -2.32. The second kappa shape index (κ2) is 12.9. The molecule has 5 rings (SSSR count). The van der Waals surface area contributed by atoms with Crippen LogP contribution in [0.1, 0.15) is 60.1 Å². The molecule has 2 saturated heterocycles. The topological polar surface area (TPSA) is 77.0 Å². The van der Waals surface area contributed by atoms with E-state index < -0.39 is 12.0 Å². The van der Waals surface area contributed by atoms with Crippen LogP contribution in [-0.4, -0.2) is 77.1 Å². The number of rotatable bonds is 6. The lowest BCUT2D eigenvalue weighted by molar-refractivity contribution is -0.0337. The van der Waals surface area contributed by atoms with Crippen molar-refractivity contribution in [3.63, 3.8) is 0 Å². The van der Waals surface area contributed by atoms with Gasteiger partial charge >= 0.3 is 6.09 Å². The molecule has 0 radical (unpaired) electrons. The van der Waals surface area contributed by atoms with Crippen molar-refractivity contribution in [2.45, 2.75) is 58.3 Å². The van der Waals surface area contributed by atoms with Crippen molar-refractivity contribution >= 4 is 17.7 Å². The Labute approximate surface area is 229 Å². The summed E-state index contributed by atoms with van der Waals surface area (Å²) in [5, 5.41) is 9.53. The zero-order valence-electron chi connectivity index (χ0n) is 23.0. The summed E-state index contributed by atoms with van der Waals surface area (Å²) in [4.78, 5) is 34.8. The Hall–Kier alpha value is -3.07. The molecule has 3 aliphatic rings. The highest BCUT2D eigenvalue weighted by atomic mass is 19.3. The number of hydrogen-bond donors (Lipinski definition) is 1. The van der Waals surface area contributed by atoms with Crippen LogP contribution in [0.3, 0.4) is 0 Å². The highest BCUT2D eigenvalue weighted by Crippen LogP contribution is 2.33. The van der Waals surface area contributed by atoms with Crippen LogP contribution in [-0.2, 0) is 0 Å². The number of para-hydroxylation sites is 1. The highest BCUT2D eigenvalue weighted by molar-refractivity contribution is 5.96. The van der Waals surface area contributed by atoms with Crippen molar-refractivity contribution in [2.75, 3.05) is 44.2 Å². The number of anilines is 1. The minimum Gasteiger partial charge on any atom is -0.465 e. The lowest BCUT2D eigenvalue weighted by atomic mass is 9.97. The van der Waals surface area contributed by atoms with Gasteiger partial charge in [0.25, 0.3) is 5.91 Å². The molecular weight excluding hydrogens is 502 g/mol. The number of hydrogen-bond acceptors (Lipinski definition) is 4. The molecule has 1 aliphatic carbocycles. The van der Waals surface area contributed by atoms with Gasteiger partial charge < -0.3 is 14.9 Å². The zero-order valence-corrected chi connectivity index (χ0v) is 23.0. The lowest BCUT2D eigenvalue weighted by Gasteiger charge is -2.24. The number of amides is 2. The Bertz CT molecular complexity index is 1090. The molecule has 212 valence electrons. The van der Waals surface area contributed by atoms with E-state index in [0.717, 1.165) is 62.4 Å². The van der Waals surface area contributed by atoms with Gasteiger partial charge in [-0.2, -0.15) is 0 Å². The molecule has 1 N–H and O–H groups in total. The van der Waals surface area contributed by atoms with Crippen LogP contribution >= 0.6 is 0 Å². The molecule has 2 unspecified atom stereocenters. The zero-order chi connectivity index (χ0) is 28.0. The number of likely N-dealkylation sites (tertiary alicyclic amines) is 2. The number of carbonyl (C=O) groups excluding carboxylic acids is 1. The summed E-state index contributed by atoms with van der Waals surface area (Å²) in [5.74, 6) is -1.24. The molecule has 39 heavy (non-hydrogen) atoms. The first-order valence-corrected chi connectivity index (χ1v) is 14.0. The number of halogens is 2. The van der Waals surface area contributed by atoms with Crippen LogP contribution < -0.4 is 4.90 Å². The van der Waals surface area contributed by atoms with Crippen molar-refractivity contribution in [1.29, 1.82) is 0 Å². The van der Waals surface area contributed by atoms with Crippen LogP contribution in [0.5, 0.6) is 0 Å². The van der Waals surface area contributed by atoms with Gasteiger partial charge in [0.2, 0.25) is 5.92 Å². The molecule has 9 heteroatoms. The molecule has 2 aromatic rings. The number of aromatic nitrogens is 1. The van der Waals surface area contributed by atoms with Gasteiger partial charge in [0.1, 0.15) is 0 Å². The number of alkyl halides is 2. The average Bonchev–Trinajstić information content (AvgIpc) is 3.46. The van der Waals surface area contributed by atoms with Crippen molar-refractivity contribution in [2.24, 2.45) is 11.8 Å². The molecule has 3 heterocycles. The summed E-state index contributed by atoms with van der Waals surface area (Å²) in [6.45, 7) is 8.74. The van der Waals surface area contributed by atoms with Gasteiger partial charge in [0.15, 0.2) is 0 Å². The van der Waals surface area contributed by atoms with E-state index in [9.17, 15) is 23.5 Å². The Morgan fingerprint density at radius 1 is 1.00 bits per heavy atom. The van der Waals surface area contributed by atoms with E-state index in [1.165, 1.54) is 4.90 Å². The van der Waals surface area contributed by atoms with Crippen molar-refractivity contribution < 1.29 is 23.5 Å². The number of benzene rings is 1. The van der Waals surface area contributed by atoms with Gasteiger partial charge in [0.05, 0.1) is 11.3 Å². The maximum Gasteiger partial charge on any atom is 0.411 e. The standard InChI is InChI=1S/C24H30N4O3.C6H10F2/c1-17-9-10-25-18(2)22(17)23(29)27-15-19-13-26(14-20(19)16-27)11-6-12-28(24(30)31)21-7-4-3-5-8-21;7-6(8)4-2-1-3-5-6/h3-5,7-10,19-20H,6,11-16H2,1-2H3,(H,30,31);1-5H2. The van der Waals surface area contributed by atoms with E-state index in [-0.39, 0.29) is 18.7 Å². The van der Waals surface area contributed by atoms with E-state index in [0.29, 0.717) is 36.9 Å². The second-order valence-corrected chi connectivity index (χ2v) is 11.1. The van der Waals surface area contributed by atoms with Crippen LogP contribution in [0.2, 0.25) is 0 Å². The average molecular weight is 543 g/mol. The van der Waals surface area contributed by atoms with Gasteiger partial charge in [0, 0.05) is 57.4 Å². The van der Waals surface area contributed by atoms with E-state index in [2.05, 4.69) is 9.88 Å². The molecular formula is C30H40F2N4O3. The first kappa shape index (κ1) is 28.9. The summed E-state index contributed by atoms with van der Waals surface area (Å²) in [6.07, 6.45) is 4.29. The number of carboxylic acid groups (broad SMARTS) is 1. The summed E-state index contributed by atoms with van der Waals surface area (Å²) in [6, 6.07) is 11.1. The van der Waals surface area contributed by atoms with E-state index >= 15 is 0 Å². The molecule has 0 bridgehead atoms. The van der Waals surface area contributed by atoms with Crippen LogP contribution in [0.25, 0.3) is 0 Å². The van der Waals surface area contributed by atoms with Crippen molar-refractivity contribution in [3.8, 4) is 0 Å². The van der Waals surface area contributed by atoms with Crippen LogP contribution in [0, 0.1) is 25.7 Å². The van der Waals surface area contributed by atoms with Crippen molar-refractivity contribution in [3.05, 3.63) is 59.4 Å². The maximum absolute atomic E-state index is 13.1. The molecule has 1 aromatic heterocycles. The molecule has 2 amide bonds. The van der Waals surface area contributed by atoms with Crippen LogP contribution in [0.15, 0.2) is 42.6 Å². The lowest BCUT2D eigenvalue weighted by Crippen LogP contribution is -2.36. The molecule has 3 fully saturated rings. The summed E-state index contributed by atoms with van der Waals surface area (Å²) < 4.78 is 24.4. The Morgan fingerprint density at radius 3 is 2.18 bits per heavy atom. The monoisotopic (exact) mass is 542 g/mol. The number of carbonyl (C=O) groups is 2. The summed E-state index contributed by atoms with van der Waals surface area (Å²) in [7, 11) is 0. The quantitative estimate of drug-likeness (QED) is 0.495. The molecule has 2 atom stereocenters. The van der Waals surface area contributed by atoms with E-state index in [1.54, 1.807) is 6.20 Å². The molecule has 2 aliphatic heterocycles. The van der Waals surface area contributed by atoms with E-state index in [4.69, 9.17) is 0 Å². The molecule has 7 nitrogen and oxygen atoms in total.